The van der Waals surface area contributed by atoms with E-state index in [1.165, 1.54) is 0 Å². The minimum Gasteiger partial charge on any atom is -0.368 e. The summed E-state index contributed by atoms with van der Waals surface area (Å²) in [6.45, 7) is -0.349. The van der Waals surface area contributed by atoms with Gasteiger partial charge >= 0.3 is 6.18 Å². The van der Waals surface area contributed by atoms with Crippen molar-refractivity contribution < 1.29 is 18.0 Å². The second-order valence-corrected chi connectivity index (χ2v) is 2.92. The summed E-state index contributed by atoms with van der Waals surface area (Å²) >= 11 is 0. The lowest BCUT2D eigenvalue weighted by molar-refractivity contribution is -0.144. The van der Waals surface area contributed by atoms with Gasteiger partial charge in [-0.1, -0.05) is 0 Å². The normalized spacial score (nSPS) is 11.1. The molecule has 0 aromatic carbocycles. The molecule has 0 saturated heterocycles. The molecule has 1 aromatic rings. The van der Waals surface area contributed by atoms with Crippen molar-refractivity contribution in [2.75, 3.05) is 17.3 Å². The zero-order valence-electron chi connectivity index (χ0n) is 8.38. The Labute approximate surface area is 93.4 Å². The standard InChI is InChI=1S/C7H9F3N6O/c8-7(9,10)6-14-4(13-2-3(11)17)1-5(15-6)16-12/h1H,2,12H2,(H2,11,17)(H2,13,14,15,16). The predicted octanol–water partition coefficient (Wildman–Crippen LogP) is -0.322. The van der Waals surface area contributed by atoms with Gasteiger partial charge in [-0.25, -0.2) is 15.8 Å². The molecule has 0 aliphatic carbocycles. The summed E-state index contributed by atoms with van der Waals surface area (Å²) in [5, 5.41) is 2.31. The Bertz CT molecular complexity index is 421. The van der Waals surface area contributed by atoms with Crippen LogP contribution in [-0.4, -0.2) is 22.4 Å². The summed E-state index contributed by atoms with van der Waals surface area (Å²) in [7, 11) is 0. The molecule has 10 heteroatoms. The van der Waals surface area contributed by atoms with Gasteiger partial charge in [0.15, 0.2) is 0 Å². The molecule has 1 aromatic heterocycles. The number of halogens is 3. The van der Waals surface area contributed by atoms with Crippen LogP contribution in [0.5, 0.6) is 0 Å². The first-order valence-corrected chi connectivity index (χ1v) is 4.28. The summed E-state index contributed by atoms with van der Waals surface area (Å²) in [4.78, 5) is 16.8. The Morgan fingerprint density at radius 3 is 2.41 bits per heavy atom. The fourth-order valence-electron chi connectivity index (χ4n) is 0.916. The number of aromatic nitrogens is 2. The largest absolute Gasteiger partial charge is 0.451 e. The van der Waals surface area contributed by atoms with Gasteiger partial charge in [-0.05, 0) is 0 Å². The highest BCUT2D eigenvalue weighted by Crippen LogP contribution is 2.27. The number of carbonyl (C=O) groups is 1. The van der Waals surface area contributed by atoms with Gasteiger partial charge in [-0.3, -0.25) is 4.79 Å². The molecule has 17 heavy (non-hydrogen) atoms. The molecule has 0 saturated carbocycles. The first kappa shape index (κ1) is 13.0. The molecule has 1 rings (SSSR count). The molecular weight excluding hydrogens is 241 g/mol. The van der Waals surface area contributed by atoms with E-state index in [2.05, 4.69) is 15.3 Å². The van der Waals surface area contributed by atoms with E-state index in [0.29, 0.717) is 0 Å². The van der Waals surface area contributed by atoms with Gasteiger partial charge in [0.05, 0.1) is 6.54 Å². The number of hydrogen-bond acceptors (Lipinski definition) is 6. The van der Waals surface area contributed by atoms with E-state index in [4.69, 9.17) is 11.6 Å². The van der Waals surface area contributed by atoms with Crippen LogP contribution in [0.1, 0.15) is 5.82 Å². The van der Waals surface area contributed by atoms with E-state index in [9.17, 15) is 18.0 Å². The topological polar surface area (TPSA) is 119 Å². The summed E-state index contributed by atoms with van der Waals surface area (Å²) in [5.74, 6) is 2.40. The van der Waals surface area contributed by atoms with Gasteiger partial charge < -0.3 is 16.5 Å². The predicted molar refractivity (Wildman–Crippen MR) is 52.5 cm³/mol. The van der Waals surface area contributed by atoms with Crippen LogP contribution in [0.2, 0.25) is 0 Å². The second kappa shape index (κ2) is 4.82. The van der Waals surface area contributed by atoms with Crippen molar-refractivity contribution in [3.63, 3.8) is 0 Å². The number of nitrogens with two attached hydrogens (primary N) is 2. The molecule has 0 fully saturated rings. The highest BCUT2D eigenvalue weighted by atomic mass is 19.4. The summed E-state index contributed by atoms with van der Waals surface area (Å²) in [6.07, 6.45) is -4.71. The molecule has 6 N–H and O–H groups in total. The summed E-state index contributed by atoms with van der Waals surface area (Å²) in [5.41, 5.74) is 6.79. The van der Waals surface area contributed by atoms with E-state index in [1.807, 2.05) is 5.43 Å². The van der Waals surface area contributed by atoms with Crippen molar-refractivity contribution in [3.8, 4) is 0 Å². The van der Waals surface area contributed by atoms with Gasteiger partial charge in [0.2, 0.25) is 11.7 Å². The van der Waals surface area contributed by atoms with Crippen LogP contribution in [0, 0.1) is 0 Å². The van der Waals surface area contributed by atoms with E-state index in [1.54, 1.807) is 0 Å². The Morgan fingerprint density at radius 1 is 1.35 bits per heavy atom. The van der Waals surface area contributed by atoms with Gasteiger partial charge in [-0.15, -0.1) is 0 Å². The van der Waals surface area contributed by atoms with Crippen LogP contribution in [0.15, 0.2) is 6.07 Å². The average molecular weight is 250 g/mol. The molecule has 0 aliphatic heterocycles. The van der Waals surface area contributed by atoms with Crippen molar-refractivity contribution in [2.45, 2.75) is 6.18 Å². The Hall–Kier alpha value is -2.10. The first-order valence-electron chi connectivity index (χ1n) is 4.28. The maximum Gasteiger partial charge on any atom is 0.451 e. The van der Waals surface area contributed by atoms with Gasteiger partial charge in [0.25, 0.3) is 0 Å². The van der Waals surface area contributed by atoms with E-state index >= 15 is 0 Å². The number of nitrogen functional groups attached to an aromatic ring is 1. The molecule has 94 valence electrons. The summed E-state index contributed by atoms with van der Waals surface area (Å²) in [6, 6.07) is 1.11. The fourth-order valence-corrected chi connectivity index (χ4v) is 0.916. The van der Waals surface area contributed by atoms with E-state index < -0.39 is 17.9 Å². The number of alkyl halides is 3. The first-order chi connectivity index (χ1) is 7.82. The SMILES string of the molecule is NNc1cc(NCC(N)=O)nc(C(F)(F)F)n1. The van der Waals surface area contributed by atoms with E-state index in [-0.39, 0.29) is 18.2 Å². The van der Waals surface area contributed by atoms with Crippen molar-refractivity contribution >= 4 is 17.5 Å². The molecule has 0 aliphatic rings. The molecule has 0 atom stereocenters. The maximum absolute atomic E-state index is 12.4. The van der Waals surface area contributed by atoms with Crippen LogP contribution in [0.4, 0.5) is 24.8 Å². The zero-order valence-corrected chi connectivity index (χ0v) is 8.38. The molecule has 0 bridgehead atoms. The molecule has 1 amide bonds. The maximum atomic E-state index is 12.4. The number of hydrogen-bond donors (Lipinski definition) is 4. The number of nitrogens with one attached hydrogen (secondary N) is 2. The molecule has 0 spiro atoms. The lowest BCUT2D eigenvalue weighted by Crippen LogP contribution is -2.23. The smallest absolute Gasteiger partial charge is 0.368 e. The number of carbonyl (C=O) groups excluding carboxylic acids is 1. The Kier molecular flexibility index (Phi) is 3.68. The molecular formula is C7H9F3N6O. The van der Waals surface area contributed by atoms with Crippen LogP contribution in [-0.2, 0) is 11.0 Å². The Balaban J connectivity index is 3.01. The fraction of sp³-hybridized carbons (Fsp3) is 0.286. The minimum absolute atomic E-state index is 0.209. The minimum atomic E-state index is -4.71. The number of primary amides is 1. The lowest BCUT2D eigenvalue weighted by Gasteiger charge is -2.10. The van der Waals surface area contributed by atoms with Crippen LogP contribution in [0.25, 0.3) is 0 Å². The molecule has 0 unspecified atom stereocenters. The van der Waals surface area contributed by atoms with Crippen LogP contribution < -0.4 is 22.3 Å². The third-order valence-corrected chi connectivity index (χ3v) is 1.57. The second-order valence-electron chi connectivity index (χ2n) is 2.92. The van der Waals surface area contributed by atoms with Crippen molar-refractivity contribution in [3.05, 3.63) is 11.9 Å². The average Bonchev–Trinajstić information content (AvgIpc) is 2.24. The number of anilines is 2. The monoisotopic (exact) mass is 250 g/mol. The third-order valence-electron chi connectivity index (χ3n) is 1.57. The number of nitrogens with zero attached hydrogens (tertiary/aromatic N) is 2. The number of amides is 1. The van der Waals surface area contributed by atoms with Crippen LogP contribution in [0.3, 0.4) is 0 Å². The van der Waals surface area contributed by atoms with Gasteiger partial charge in [-0.2, -0.15) is 13.2 Å². The highest BCUT2D eigenvalue weighted by Gasteiger charge is 2.35. The highest BCUT2D eigenvalue weighted by molar-refractivity contribution is 5.78. The number of rotatable bonds is 4. The summed E-state index contributed by atoms with van der Waals surface area (Å²) < 4.78 is 37.1. The molecule has 0 radical (unpaired) electrons. The van der Waals surface area contributed by atoms with Gasteiger partial charge in [0.1, 0.15) is 11.6 Å². The molecule has 7 nitrogen and oxygen atoms in total. The quantitative estimate of drug-likeness (QED) is 0.429. The number of hydrazine groups is 1. The third kappa shape index (κ3) is 3.75. The van der Waals surface area contributed by atoms with Crippen molar-refractivity contribution in [1.29, 1.82) is 0 Å². The van der Waals surface area contributed by atoms with E-state index in [0.717, 1.165) is 6.07 Å². The lowest BCUT2D eigenvalue weighted by atomic mass is 10.4. The zero-order chi connectivity index (χ0) is 13.1. The van der Waals surface area contributed by atoms with Gasteiger partial charge in [0, 0.05) is 6.07 Å². The van der Waals surface area contributed by atoms with Crippen LogP contribution >= 0.6 is 0 Å². The van der Waals surface area contributed by atoms with Crippen molar-refractivity contribution in [1.82, 2.24) is 9.97 Å². The Morgan fingerprint density at radius 2 is 1.94 bits per heavy atom. The molecule has 1 heterocycles. The van der Waals surface area contributed by atoms with Crippen molar-refractivity contribution in [2.24, 2.45) is 11.6 Å².